The van der Waals surface area contributed by atoms with Crippen molar-refractivity contribution in [3.8, 4) is 11.4 Å². The first kappa shape index (κ1) is 25.0. The number of nitrogens with zero attached hydrogens (tertiary/aromatic N) is 4. The van der Waals surface area contributed by atoms with E-state index in [9.17, 15) is 36.2 Å². The number of aliphatic hydroxyl groups excluding tert-OH is 1. The fourth-order valence-corrected chi connectivity index (χ4v) is 2.98. The number of benzene rings is 1. The van der Waals surface area contributed by atoms with Crippen molar-refractivity contribution in [2.24, 2.45) is 0 Å². The van der Waals surface area contributed by atoms with Crippen LogP contribution in [0.4, 0.5) is 26.3 Å². The summed E-state index contributed by atoms with van der Waals surface area (Å²) < 4.78 is 89.5. The second-order valence-electron chi connectivity index (χ2n) is 6.98. The SMILES string of the molecule is CCn1c(CO)nn(-c2cc(O[C@@H](C)C(F)(F)F)c(/C(F)=C/c3ncccc3F)cc2F)c1=O. The van der Waals surface area contributed by atoms with Gasteiger partial charge in [0.05, 0.1) is 5.56 Å². The summed E-state index contributed by atoms with van der Waals surface area (Å²) >= 11 is 0. The molecule has 0 bridgehead atoms. The molecule has 2 heterocycles. The van der Waals surface area contributed by atoms with E-state index in [2.05, 4.69) is 10.1 Å². The number of rotatable bonds is 7. The number of alkyl halides is 3. The molecule has 0 amide bonds. The van der Waals surface area contributed by atoms with Crippen LogP contribution in [0.5, 0.6) is 5.75 Å². The van der Waals surface area contributed by atoms with Crippen LogP contribution in [0.15, 0.2) is 35.3 Å². The monoisotopic (exact) mass is 488 g/mol. The van der Waals surface area contributed by atoms with Crippen molar-refractivity contribution in [1.29, 1.82) is 0 Å². The number of halogens is 6. The van der Waals surface area contributed by atoms with Crippen LogP contribution in [-0.2, 0) is 13.2 Å². The van der Waals surface area contributed by atoms with Crippen LogP contribution in [0.1, 0.15) is 30.9 Å². The van der Waals surface area contributed by atoms with E-state index in [0.717, 1.165) is 16.8 Å². The van der Waals surface area contributed by atoms with Crippen molar-refractivity contribution >= 4 is 11.9 Å². The fourth-order valence-electron chi connectivity index (χ4n) is 2.98. The quantitative estimate of drug-likeness (QED) is 0.509. The standard InChI is InChI=1S/C21H18F6N4O3/c1-3-30-19(10-32)29-31(20(30)33)17-9-18(34-11(2)21(25,26)27)12(7-15(17)24)14(23)8-16-13(22)5-4-6-28-16/h4-9,11,32H,3,10H2,1-2H3/b14-8-/t11-/m0/s1. The number of aliphatic hydroxyl groups is 1. The first-order valence-corrected chi connectivity index (χ1v) is 9.82. The van der Waals surface area contributed by atoms with Crippen LogP contribution in [-0.4, -0.2) is 36.7 Å². The Kier molecular flexibility index (Phi) is 7.15. The molecule has 1 N–H and O–H groups in total. The maximum atomic E-state index is 15.0. The summed E-state index contributed by atoms with van der Waals surface area (Å²) in [6.45, 7) is 1.60. The zero-order valence-corrected chi connectivity index (χ0v) is 17.8. The molecule has 0 saturated heterocycles. The largest absolute Gasteiger partial charge is 0.480 e. The number of hydrogen-bond donors (Lipinski definition) is 1. The van der Waals surface area contributed by atoms with Gasteiger partial charge in [-0.05, 0) is 32.0 Å². The van der Waals surface area contributed by atoms with E-state index in [0.29, 0.717) is 29.8 Å². The summed E-state index contributed by atoms with van der Waals surface area (Å²) in [7, 11) is 0. The van der Waals surface area contributed by atoms with Gasteiger partial charge in [0.1, 0.15) is 41.2 Å². The summed E-state index contributed by atoms with van der Waals surface area (Å²) in [5.41, 5.74) is -2.78. The minimum Gasteiger partial charge on any atom is -0.480 e. The summed E-state index contributed by atoms with van der Waals surface area (Å²) in [6, 6.07) is 3.39. The molecule has 3 aromatic rings. The van der Waals surface area contributed by atoms with Gasteiger partial charge in [0.2, 0.25) is 0 Å². The van der Waals surface area contributed by atoms with Gasteiger partial charge in [-0.1, -0.05) is 0 Å². The summed E-state index contributed by atoms with van der Waals surface area (Å²) in [4.78, 5) is 16.2. The van der Waals surface area contributed by atoms with Crippen molar-refractivity contribution in [2.75, 3.05) is 0 Å². The zero-order valence-electron chi connectivity index (χ0n) is 17.8. The van der Waals surface area contributed by atoms with Gasteiger partial charge < -0.3 is 9.84 Å². The van der Waals surface area contributed by atoms with Crippen molar-refractivity contribution in [1.82, 2.24) is 19.3 Å². The smallest absolute Gasteiger partial charge is 0.425 e. The lowest BCUT2D eigenvalue weighted by atomic mass is 10.1. The molecule has 0 unspecified atom stereocenters. The molecule has 0 fully saturated rings. The normalized spacial score (nSPS) is 13.3. The Bertz CT molecular complexity index is 1280. The van der Waals surface area contributed by atoms with Crippen LogP contribution in [0.2, 0.25) is 0 Å². The van der Waals surface area contributed by atoms with Crippen molar-refractivity contribution in [3.63, 3.8) is 0 Å². The van der Waals surface area contributed by atoms with E-state index in [-0.39, 0.29) is 12.4 Å². The molecule has 182 valence electrons. The highest BCUT2D eigenvalue weighted by atomic mass is 19.4. The highest BCUT2D eigenvalue weighted by molar-refractivity contribution is 5.79. The Labute approximate surface area is 188 Å². The molecule has 34 heavy (non-hydrogen) atoms. The summed E-state index contributed by atoms with van der Waals surface area (Å²) in [5.74, 6) is -4.41. The maximum absolute atomic E-state index is 15.0. The van der Waals surface area contributed by atoms with Gasteiger partial charge in [0.15, 0.2) is 11.9 Å². The third kappa shape index (κ3) is 4.98. The van der Waals surface area contributed by atoms with E-state index >= 15 is 0 Å². The number of pyridine rings is 1. The van der Waals surface area contributed by atoms with Crippen LogP contribution in [0.25, 0.3) is 17.6 Å². The second-order valence-corrected chi connectivity index (χ2v) is 6.98. The fraction of sp³-hybridized carbons (Fsp3) is 0.286. The molecule has 7 nitrogen and oxygen atoms in total. The second kappa shape index (κ2) is 9.71. The molecule has 13 heteroatoms. The molecular weight excluding hydrogens is 470 g/mol. The molecule has 0 radical (unpaired) electrons. The minimum absolute atomic E-state index is 0.0654. The zero-order chi connectivity index (χ0) is 25.2. The van der Waals surface area contributed by atoms with E-state index in [1.807, 2.05) is 0 Å². The molecule has 2 aromatic heterocycles. The van der Waals surface area contributed by atoms with Crippen molar-refractivity contribution in [2.45, 2.75) is 39.3 Å². The average molecular weight is 488 g/mol. The number of ether oxygens (including phenoxy) is 1. The van der Waals surface area contributed by atoms with Gasteiger partial charge in [0.25, 0.3) is 0 Å². The predicted octanol–water partition coefficient (Wildman–Crippen LogP) is 4.02. The average Bonchev–Trinajstić information content (AvgIpc) is 3.10. The molecular formula is C21H18F6N4O3. The Balaban J connectivity index is 2.21. The van der Waals surface area contributed by atoms with Gasteiger partial charge >= 0.3 is 11.9 Å². The molecule has 1 atom stereocenters. The molecule has 0 spiro atoms. The van der Waals surface area contributed by atoms with Gasteiger partial charge in [-0.25, -0.2) is 18.0 Å². The van der Waals surface area contributed by atoms with E-state index in [1.54, 1.807) is 6.92 Å². The third-order valence-electron chi connectivity index (χ3n) is 4.75. The van der Waals surface area contributed by atoms with Crippen LogP contribution in [0.3, 0.4) is 0 Å². The van der Waals surface area contributed by atoms with Crippen molar-refractivity contribution in [3.05, 3.63) is 69.7 Å². The molecule has 0 aliphatic heterocycles. The lowest BCUT2D eigenvalue weighted by molar-refractivity contribution is -0.189. The number of hydrogen-bond acceptors (Lipinski definition) is 5. The summed E-state index contributed by atoms with van der Waals surface area (Å²) in [5, 5.41) is 13.2. The van der Waals surface area contributed by atoms with Gasteiger partial charge in [-0.3, -0.25) is 9.55 Å². The lowest BCUT2D eigenvalue weighted by Gasteiger charge is -2.20. The lowest BCUT2D eigenvalue weighted by Crippen LogP contribution is -2.31. The topological polar surface area (TPSA) is 82.2 Å². The molecule has 3 rings (SSSR count). The highest BCUT2D eigenvalue weighted by Crippen LogP contribution is 2.35. The predicted molar refractivity (Wildman–Crippen MR) is 109 cm³/mol. The first-order valence-electron chi connectivity index (χ1n) is 9.82. The first-order chi connectivity index (χ1) is 16.0. The Morgan fingerprint density at radius 3 is 2.53 bits per heavy atom. The van der Waals surface area contributed by atoms with E-state index in [4.69, 9.17) is 4.74 Å². The van der Waals surface area contributed by atoms with Gasteiger partial charge in [-0.2, -0.15) is 17.9 Å². The maximum Gasteiger partial charge on any atom is 0.425 e. The molecule has 1 aromatic carbocycles. The van der Waals surface area contributed by atoms with Crippen LogP contribution < -0.4 is 10.4 Å². The Morgan fingerprint density at radius 2 is 1.97 bits per heavy atom. The minimum atomic E-state index is -4.86. The third-order valence-corrected chi connectivity index (χ3v) is 4.75. The molecule has 0 aliphatic carbocycles. The van der Waals surface area contributed by atoms with E-state index in [1.165, 1.54) is 6.07 Å². The summed E-state index contributed by atoms with van der Waals surface area (Å²) in [6.07, 6.45) is -5.58. The van der Waals surface area contributed by atoms with E-state index < -0.39 is 64.7 Å². The van der Waals surface area contributed by atoms with Gasteiger partial charge in [-0.15, -0.1) is 5.10 Å². The van der Waals surface area contributed by atoms with Crippen LogP contribution >= 0.6 is 0 Å². The van der Waals surface area contributed by atoms with Gasteiger partial charge in [0, 0.05) is 24.9 Å². The Morgan fingerprint density at radius 1 is 1.26 bits per heavy atom. The van der Waals surface area contributed by atoms with Crippen LogP contribution in [0, 0.1) is 11.6 Å². The van der Waals surface area contributed by atoms with Crippen molar-refractivity contribution < 1.29 is 36.2 Å². The molecule has 0 aliphatic rings. The molecule has 0 saturated carbocycles. The Hall–Kier alpha value is -3.61. The highest BCUT2D eigenvalue weighted by Gasteiger charge is 2.39. The number of aromatic nitrogens is 4.